The van der Waals surface area contributed by atoms with Crippen LogP contribution in [0, 0.1) is 0 Å². The molecule has 2 rings (SSSR count). The van der Waals surface area contributed by atoms with Crippen molar-refractivity contribution in [3.63, 3.8) is 0 Å². The Labute approximate surface area is 151 Å². The van der Waals surface area contributed by atoms with Gasteiger partial charge in [-0.15, -0.1) is 0 Å². The Morgan fingerprint density at radius 2 is 2.08 bits per heavy atom. The molecule has 0 unspecified atom stereocenters. The molecule has 140 valence electrons. The number of carbonyl (C=O) groups is 1. The number of ether oxygens (including phenoxy) is 2. The second kappa shape index (κ2) is 9.06. The van der Waals surface area contributed by atoms with Crippen molar-refractivity contribution >= 4 is 5.91 Å². The fourth-order valence-corrected chi connectivity index (χ4v) is 3.19. The Balaban J connectivity index is 1.97. The fraction of sp³-hybridized carbons (Fsp3) is 0.632. The summed E-state index contributed by atoms with van der Waals surface area (Å²) in [4.78, 5) is 18.8. The van der Waals surface area contributed by atoms with E-state index in [-0.39, 0.29) is 5.91 Å². The summed E-state index contributed by atoms with van der Waals surface area (Å²) >= 11 is 0. The van der Waals surface area contributed by atoms with E-state index in [0.717, 1.165) is 30.8 Å². The zero-order valence-corrected chi connectivity index (χ0v) is 16.1. The third-order valence-corrected chi connectivity index (χ3v) is 4.74. The average molecular weight is 349 g/mol. The van der Waals surface area contributed by atoms with Gasteiger partial charge in [0.25, 0.3) is 0 Å². The summed E-state index contributed by atoms with van der Waals surface area (Å²) in [5.41, 5.74) is 0.963. The van der Waals surface area contributed by atoms with Crippen LogP contribution in [0.15, 0.2) is 18.2 Å². The Bertz CT molecular complexity index is 577. The number of benzene rings is 1. The number of likely N-dealkylation sites (tertiary alicyclic amines) is 1. The molecule has 6 heteroatoms. The Morgan fingerprint density at radius 3 is 2.68 bits per heavy atom. The van der Waals surface area contributed by atoms with Crippen molar-refractivity contribution in [1.29, 1.82) is 0 Å². The Morgan fingerprint density at radius 1 is 1.32 bits per heavy atom. The highest BCUT2D eigenvalue weighted by Crippen LogP contribution is 2.31. The van der Waals surface area contributed by atoms with Crippen molar-refractivity contribution in [2.24, 2.45) is 0 Å². The molecule has 1 aromatic carbocycles. The number of nitrogens with zero attached hydrogens (tertiary/aromatic N) is 3. The van der Waals surface area contributed by atoms with E-state index < -0.39 is 0 Å². The van der Waals surface area contributed by atoms with Gasteiger partial charge in [-0.05, 0) is 33.5 Å². The molecule has 0 spiro atoms. The predicted molar refractivity (Wildman–Crippen MR) is 99.2 cm³/mol. The zero-order chi connectivity index (χ0) is 18.4. The minimum Gasteiger partial charge on any atom is -0.493 e. The number of carbonyl (C=O) groups excluding carboxylic acids is 1. The van der Waals surface area contributed by atoms with E-state index in [1.54, 1.807) is 12.0 Å². The van der Waals surface area contributed by atoms with Gasteiger partial charge in [0.05, 0.1) is 20.3 Å². The lowest BCUT2D eigenvalue weighted by Crippen LogP contribution is -2.39. The molecule has 25 heavy (non-hydrogen) atoms. The predicted octanol–water partition coefficient (Wildman–Crippen LogP) is 1.69. The van der Waals surface area contributed by atoms with Crippen molar-refractivity contribution in [3.05, 3.63) is 23.8 Å². The average Bonchev–Trinajstić information content (AvgIpc) is 3.05. The quantitative estimate of drug-likeness (QED) is 0.715. The molecule has 0 aromatic heterocycles. The third kappa shape index (κ3) is 5.09. The lowest BCUT2D eigenvalue weighted by molar-refractivity contribution is -0.131. The highest BCUT2D eigenvalue weighted by molar-refractivity contribution is 5.78. The van der Waals surface area contributed by atoms with Crippen LogP contribution in [0.4, 0.5) is 0 Å². The third-order valence-electron chi connectivity index (χ3n) is 4.74. The molecule has 0 saturated carbocycles. The van der Waals surface area contributed by atoms with Gasteiger partial charge in [-0.1, -0.05) is 12.1 Å². The molecule has 1 saturated heterocycles. The first kappa shape index (κ1) is 19.5. The van der Waals surface area contributed by atoms with E-state index in [1.165, 1.54) is 0 Å². The van der Waals surface area contributed by atoms with Gasteiger partial charge in [0.2, 0.25) is 5.91 Å². The van der Waals surface area contributed by atoms with Gasteiger partial charge in [-0.2, -0.15) is 0 Å². The van der Waals surface area contributed by atoms with Gasteiger partial charge in [0, 0.05) is 38.3 Å². The molecule has 1 aliphatic heterocycles. The maximum absolute atomic E-state index is 12.6. The first-order chi connectivity index (χ1) is 12.0. The van der Waals surface area contributed by atoms with E-state index in [1.807, 2.05) is 32.2 Å². The smallest absolute Gasteiger partial charge is 0.236 e. The van der Waals surface area contributed by atoms with Crippen molar-refractivity contribution in [2.75, 3.05) is 54.5 Å². The standard InChI is InChI=1S/C19H31N3O3/c1-6-25-19-15(8-7-9-17(19)24-5)12-21(4)18(23)14-22-11-10-16(13-22)20(2)3/h7-9,16H,6,10-14H2,1-5H3/t16-/m0/s1. The summed E-state index contributed by atoms with van der Waals surface area (Å²) < 4.78 is 11.1. The number of rotatable bonds is 8. The second-order valence-electron chi connectivity index (χ2n) is 6.77. The number of methoxy groups -OCH3 is 1. The van der Waals surface area contributed by atoms with Crippen molar-refractivity contribution in [2.45, 2.75) is 25.9 Å². The Kier molecular flexibility index (Phi) is 7.08. The summed E-state index contributed by atoms with van der Waals surface area (Å²) in [6.45, 7) is 5.41. The van der Waals surface area contributed by atoms with Crippen molar-refractivity contribution in [3.8, 4) is 11.5 Å². The van der Waals surface area contributed by atoms with Gasteiger partial charge in [-0.3, -0.25) is 9.69 Å². The van der Waals surface area contributed by atoms with E-state index in [4.69, 9.17) is 9.47 Å². The SMILES string of the molecule is CCOc1c(CN(C)C(=O)CN2CC[C@H](N(C)C)C2)cccc1OC. The maximum atomic E-state index is 12.6. The number of likely N-dealkylation sites (N-methyl/N-ethyl adjacent to an activating group) is 2. The molecular weight excluding hydrogens is 318 g/mol. The van der Waals surface area contributed by atoms with Crippen LogP contribution in [0.3, 0.4) is 0 Å². The van der Waals surface area contributed by atoms with E-state index in [9.17, 15) is 4.79 Å². The molecule has 1 heterocycles. The number of para-hydroxylation sites is 1. The molecule has 1 atom stereocenters. The molecule has 1 amide bonds. The van der Waals surface area contributed by atoms with Crippen LogP contribution in [0.2, 0.25) is 0 Å². The first-order valence-electron chi connectivity index (χ1n) is 8.87. The lowest BCUT2D eigenvalue weighted by atomic mass is 10.1. The summed E-state index contributed by atoms with van der Waals surface area (Å²) in [6.07, 6.45) is 1.12. The second-order valence-corrected chi connectivity index (χ2v) is 6.77. The molecular formula is C19H31N3O3. The minimum atomic E-state index is 0.129. The molecule has 0 N–H and O–H groups in total. The van der Waals surface area contributed by atoms with Crippen LogP contribution < -0.4 is 9.47 Å². The highest BCUT2D eigenvalue weighted by Gasteiger charge is 2.26. The lowest BCUT2D eigenvalue weighted by Gasteiger charge is -2.24. The maximum Gasteiger partial charge on any atom is 0.236 e. The molecule has 0 bridgehead atoms. The van der Waals surface area contributed by atoms with E-state index in [0.29, 0.717) is 31.5 Å². The summed E-state index contributed by atoms with van der Waals surface area (Å²) in [7, 11) is 7.67. The molecule has 0 radical (unpaired) electrons. The summed E-state index contributed by atoms with van der Waals surface area (Å²) in [5, 5.41) is 0. The normalized spacial score (nSPS) is 17.8. The molecule has 0 aliphatic carbocycles. The van der Waals surface area contributed by atoms with Crippen LogP contribution in [-0.4, -0.2) is 81.1 Å². The molecule has 1 aromatic rings. The number of hydrogen-bond acceptors (Lipinski definition) is 5. The fourth-order valence-electron chi connectivity index (χ4n) is 3.19. The summed E-state index contributed by atoms with van der Waals surface area (Å²) in [5.74, 6) is 1.55. The zero-order valence-electron chi connectivity index (χ0n) is 16.1. The van der Waals surface area contributed by atoms with Crippen molar-refractivity contribution < 1.29 is 14.3 Å². The monoisotopic (exact) mass is 349 g/mol. The molecule has 1 aliphatic rings. The number of amides is 1. The van der Waals surface area contributed by atoms with Crippen LogP contribution >= 0.6 is 0 Å². The van der Waals surface area contributed by atoms with Gasteiger partial charge in [0.1, 0.15) is 0 Å². The van der Waals surface area contributed by atoms with Gasteiger partial charge in [-0.25, -0.2) is 0 Å². The van der Waals surface area contributed by atoms with Crippen LogP contribution in [-0.2, 0) is 11.3 Å². The van der Waals surface area contributed by atoms with Gasteiger partial charge in [0.15, 0.2) is 11.5 Å². The molecule has 1 fully saturated rings. The van der Waals surface area contributed by atoms with Crippen LogP contribution in [0.5, 0.6) is 11.5 Å². The Hall–Kier alpha value is -1.79. The van der Waals surface area contributed by atoms with E-state index in [2.05, 4.69) is 23.9 Å². The first-order valence-corrected chi connectivity index (χ1v) is 8.87. The molecule has 6 nitrogen and oxygen atoms in total. The minimum absolute atomic E-state index is 0.129. The highest BCUT2D eigenvalue weighted by atomic mass is 16.5. The van der Waals surface area contributed by atoms with Crippen LogP contribution in [0.1, 0.15) is 18.9 Å². The largest absolute Gasteiger partial charge is 0.493 e. The van der Waals surface area contributed by atoms with E-state index >= 15 is 0 Å². The van der Waals surface area contributed by atoms with Crippen LogP contribution in [0.25, 0.3) is 0 Å². The van der Waals surface area contributed by atoms with Gasteiger partial charge >= 0.3 is 0 Å². The number of hydrogen-bond donors (Lipinski definition) is 0. The topological polar surface area (TPSA) is 45.2 Å². The van der Waals surface area contributed by atoms with Gasteiger partial charge < -0.3 is 19.3 Å². The summed E-state index contributed by atoms with van der Waals surface area (Å²) in [6, 6.07) is 6.33. The van der Waals surface area contributed by atoms with Crippen molar-refractivity contribution in [1.82, 2.24) is 14.7 Å².